The van der Waals surface area contributed by atoms with E-state index in [0.717, 1.165) is 0 Å². The van der Waals surface area contributed by atoms with Crippen molar-refractivity contribution in [1.82, 2.24) is 0 Å². The van der Waals surface area contributed by atoms with Gasteiger partial charge >= 0.3 is 5.97 Å². The van der Waals surface area contributed by atoms with Crippen molar-refractivity contribution in [1.29, 1.82) is 0 Å². The summed E-state index contributed by atoms with van der Waals surface area (Å²) >= 11 is 5.60. The first-order chi connectivity index (χ1) is 7.33. The van der Waals surface area contributed by atoms with Gasteiger partial charge in [0.1, 0.15) is 5.82 Å². The highest BCUT2D eigenvalue weighted by molar-refractivity contribution is 6.31. The lowest BCUT2D eigenvalue weighted by atomic mass is 9.94. The van der Waals surface area contributed by atoms with Gasteiger partial charge in [-0.1, -0.05) is 11.6 Å². The van der Waals surface area contributed by atoms with Crippen LogP contribution >= 0.6 is 11.6 Å². The third-order valence-corrected chi connectivity index (χ3v) is 2.52. The van der Waals surface area contributed by atoms with Crippen LogP contribution in [0.1, 0.15) is 13.8 Å². The highest BCUT2D eigenvalue weighted by Gasteiger charge is 2.26. The molecule has 88 valence electrons. The third kappa shape index (κ3) is 3.10. The summed E-state index contributed by atoms with van der Waals surface area (Å²) in [5.74, 6) is -1.39. The minimum Gasteiger partial charge on any atom is -0.481 e. The van der Waals surface area contributed by atoms with E-state index < -0.39 is 17.2 Å². The highest BCUT2D eigenvalue weighted by Crippen LogP contribution is 2.21. The standard InChI is InChI=1S/C11H13ClFNO2/c1-11(2,10(15)16)6-14-7-3-4-9(13)8(12)5-7/h3-5,14H,6H2,1-2H3,(H,15,16). The Morgan fingerprint density at radius 3 is 2.69 bits per heavy atom. The van der Waals surface area contributed by atoms with Gasteiger partial charge in [-0.2, -0.15) is 0 Å². The maximum atomic E-state index is 12.8. The van der Waals surface area contributed by atoms with Crippen LogP contribution in [0.15, 0.2) is 18.2 Å². The zero-order valence-corrected chi connectivity index (χ0v) is 9.81. The number of nitrogens with one attached hydrogen (secondary N) is 1. The molecule has 0 amide bonds. The number of rotatable bonds is 4. The molecular formula is C11H13ClFNO2. The van der Waals surface area contributed by atoms with Crippen molar-refractivity contribution in [2.45, 2.75) is 13.8 Å². The summed E-state index contributed by atoms with van der Waals surface area (Å²) < 4.78 is 12.8. The topological polar surface area (TPSA) is 49.3 Å². The van der Waals surface area contributed by atoms with Gasteiger partial charge in [0, 0.05) is 12.2 Å². The van der Waals surface area contributed by atoms with Crippen LogP contribution in [0.2, 0.25) is 5.02 Å². The molecule has 0 aliphatic carbocycles. The van der Waals surface area contributed by atoms with Crippen molar-refractivity contribution in [3.63, 3.8) is 0 Å². The first-order valence-corrected chi connectivity index (χ1v) is 5.13. The molecule has 0 heterocycles. The van der Waals surface area contributed by atoms with Crippen LogP contribution in [0.3, 0.4) is 0 Å². The Balaban J connectivity index is 2.68. The van der Waals surface area contributed by atoms with Crippen LogP contribution in [0, 0.1) is 11.2 Å². The molecule has 0 saturated carbocycles. The molecule has 0 spiro atoms. The number of anilines is 1. The van der Waals surface area contributed by atoms with Crippen molar-refractivity contribution in [2.24, 2.45) is 5.41 Å². The molecular weight excluding hydrogens is 233 g/mol. The Hall–Kier alpha value is -1.29. The molecule has 16 heavy (non-hydrogen) atoms. The van der Waals surface area contributed by atoms with Gasteiger partial charge in [0.25, 0.3) is 0 Å². The predicted molar refractivity (Wildman–Crippen MR) is 61.3 cm³/mol. The molecule has 0 saturated heterocycles. The second-order valence-corrected chi connectivity index (χ2v) is 4.58. The molecule has 1 rings (SSSR count). The Morgan fingerprint density at radius 2 is 2.19 bits per heavy atom. The molecule has 0 atom stereocenters. The molecule has 0 aliphatic rings. The monoisotopic (exact) mass is 245 g/mol. The molecule has 1 aromatic rings. The number of carboxylic acids is 1. The molecule has 5 heteroatoms. The Bertz CT molecular complexity index is 407. The van der Waals surface area contributed by atoms with E-state index in [-0.39, 0.29) is 11.6 Å². The zero-order chi connectivity index (χ0) is 12.3. The summed E-state index contributed by atoms with van der Waals surface area (Å²) in [6.07, 6.45) is 0. The number of hydrogen-bond donors (Lipinski definition) is 2. The minimum absolute atomic E-state index is 0.0122. The van der Waals surface area contributed by atoms with Crippen LogP contribution in [0.4, 0.5) is 10.1 Å². The number of aliphatic carboxylic acids is 1. The quantitative estimate of drug-likeness (QED) is 0.857. The van der Waals surface area contributed by atoms with E-state index in [2.05, 4.69) is 5.32 Å². The molecule has 0 aromatic heterocycles. The minimum atomic E-state index is -0.895. The average Bonchev–Trinajstić information content (AvgIpc) is 2.20. The van der Waals surface area contributed by atoms with Crippen molar-refractivity contribution in [3.05, 3.63) is 29.0 Å². The highest BCUT2D eigenvalue weighted by atomic mass is 35.5. The Labute approximate surface area is 98.2 Å². The van der Waals surface area contributed by atoms with Gasteiger partial charge in [-0.25, -0.2) is 4.39 Å². The molecule has 0 aliphatic heterocycles. The Kier molecular flexibility index (Phi) is 3.75. The Morgan fingerprint density at radius 1 is 1.56 bits per heavy atom. The molecule has 0 unspecified atom stereocenters. The van der Waals surface area contributed by atoms with Gasteiger partial charge in [0.05, 0.1) is 10.4 Å². The van der Waals surface area contributed by atoms with E-state index in [0.29, 0.717) is 5.69 Å². The van der Waals surface area contributed by atoms with Gasteiger partial charge < -0.3 is 10.4 Å². The summed E-state index contributed by atoms with van der Waals surface area (Å²) in [6, 6.07) is 4.17. The normalized spacial score (nSPS) is 11.2. The molecule has 0 radical (unpaired) electrons. The fourth-order valence-electron chi connectivity index (χ4n) is 1.00. The second-order valence-electron chi connectivity index (χ2n) is 4.17. The number of benzene rings is 1. The van der Waals surface area contributed by atoms with Gasteiger partial charge in [-0.05, 0) is 32.0 Å². The van der Waals surface area contributed by atoms with Gasteiger partial charge in [-0.15, -0.1) is 0 Å². The SMILES string of the molecule is CC(C)(CNc1ccc(F)c(Cl)c1)C(=O)O. The summed E-state index contributed by atoms with van der Waals surface area (Å²) in [5.41, 5.74) is -0.290. The maximum Gasteiger partial charge on any atom is 0.310 e. The fraction of sp³-hybridized carbons (Fsp3) is 0.364. The van der Waals surface area contributed by atoms with E-state index >= 15 is 0 Å². The largest absolute Gasteiger partial charge is 0.481 e. The fourth-order valence-corrected chi connectivity index (χ4v) is 1.19. The van der Waals surface area contributed by atoms with Gasteiger partial charge in [0.2, 0.25) is 0 Å². The lowest BCUT2D eigenvalue weighted by Gasteiger charge is -2.20. The molecule has 0 bridgehead atoms. The van der Waals surface area contributed by atoms with Crippen molar-refractivity contribution in [2.75, 3.05) is 11.9 Å². The van der Waals surface area contributed by atoms with E-state index in [1.165, 1.54) is 18.2 Å². The first-order valence-electron chi connectivity index (χ1n) is 4.75. The van der Waals surface area contributed by atoms with E-state index in [1.807, 2.05) is 0 Å². The average molecular weight is 246 g/mol. The van der Waals surface area contributed by atoms with Crippen LogP contribution < -0.4 is 5.32 Å². The van der Waals surface area contributed by atoms with Crippen molar-refractivity contribution in [3.8, 4) is 0 Å². The van der Waals surface area contributed by atoms with E-state index in [9.17, 15) is 9.18 Å². The molecule has 2 N–H and O–H groups in total. The maximum absolute atomic E-state index is 12.8. The second kappa shape index (κ2) is 4.70. The van der Waals surface area contributed by atoms with Crippen LogP contribution in [0.5, 0.6) is 0 Å². The summed E-state index contributed by atoms with van der Waals surface area (Å²) in [5, 5.41) is 11.8. The van der Waals surface area contributed by atoms with Crippen molar-refractivity contribution >= 4 is 23.3 Å². The zero-order valence-electron chi connectivity index (χ0n) is 9.05. The summed E-state index contributed by atoms with van der Waals surface area (Å²) in [7, 11) is 0. The van der Waals surface area contributed by atoms with Gasteiger partial charge in [-0.3, -0.25) is 4.79 Å². The van der Waals surface area contributed by atoms with Crippen LogP contribution in [-0.2, 0) is 4.79 Å². The van der Waals surface area contributed by atoms with Crippen molar-refractivity contribution < 1.29 is 14.3 Å². The van der Waals surface area contributed by atoms with Gasteiger partial charge in [0.15, 0.2) is 0 Å². The van der Waals surface area contributed by atoms with Crippen LogP contribution in [0.25, 0.3) is 0 Å². The number of carboxylic acid groups (broad SMARTS) is 1. The van der Waals surface area contributed by atoms with E-state index in [4.69, 9.17) is 16.7 Å². The number of carbonyl (C=O) groups is 1. The molecule has 0 fully saturated rings. The summed E-state index contributed by atoms with van der Waals surface area (Å²) in [6.45, 7) is 3.45. The predicted octanol–water partition coefficient (Wildman–Crippen LogP) is 3.00. The third-order valence-electron chi connectivity index (χ3n) is 2.23. The molecule has 3 nitrogen and oxygen atoms in total. The lowest BCUT2D eigenvalue weighted by molar-refractivity contribution is -0.146. The number of halogens is 2. The number of hydrogen-bond acceptors (Lipinski definition) is 2. The van der Waals surface area contributed by atoms with Crippen LogP contribution in [-0.4, -0.2) is 17.6 Å². The molecule has 1 aromatic carbocycles. The smallest absolute Gasteiger partial charge is 0.310 e. The first kappa shape index (κ1) is 12.8. The van der Waals surface area contributed by atoms with E-state index in [1.54, 1.807) is 13.8 Å². The summed E-state index contributed by atoms with van der Waals surface area (Å²) in [4.78, 5) is 10.8. The lowest BCUT2D eigenvalue weighted by Crippen LogP contribution is -2.31.